The lowest BCUT2D eigenvalue weighted by molar-refractivity contribution is -0.910. The number of carbonyl (C=O) groups is 1. The highest BCUT2D eigenvalue weighted by molar-refractivity contribution is 5.92. The third kappa shape index (κ3) is 4.32. The van der Waals surface area contributed by atoms with Gasteiger partial charge in [-0.1, -0.05) is 12.1 Å². The van der Waals surface area contributed by atoms with Crippen LogP contribution in [-0.4, -0.2) is 32.2 Å². The molecular weight excluding hydrogens is 385 g/mol. The summed E-state index contributed by atoms with van der Waals surface area (Å²) in [5.74, 6) is 0.978. The van der Waals surface area contributed by atoms with Crippen molar-refractivity contribution in [2.75, 3.05) is 31.6 Å². The number of halogens is 3. The van der Waals surface area contributed by atoms with Gasteiger partial charge in [0.25, 0.3) is 5.91 Å². The first kappa shape index (κ1) is 19.6. The standard InChI is InChI=1S/C21H21F3N2O3/c22-21(23,24)15-4-1-2-5-16(15)25-20(27)13-26-9-3-6-17(26)14-7-8-18-19(12-14)29-11-10-28-18/h1-2,4-5,7-8,12,17H,3,6,9-11,13H2,(H,25,27)/p+1/t17-/m1/s1. The van der Waals surface area contributed by atoms with E-state index in [-0.39, 0.29) is 18.3 Å². The fourth-order valence-electron chi connectivity index (χ4n) is 4.04. The minimum Gasteiger partial charge on any atom is -0.486 e. The van der Waals surface area contributed by atoms with Gasteiger partial charge < -0.3 is 19.7 Å². The zero-order valence-electron chi connectivity index (χ0n) is 15.7. The van der Waals surface area contributed by atoms with Crippen LogP contribution in [0.25, 0.3) is 0 Å². The van der Waals surface area contributed by atoms with Crippen LogP contribution in [0.1, 0.15) is 30.0 Å². The van der Waals surface area contributed by atoms with Crippen molar-refractivity contribution in [1.29, 1.82) is 0 Å². The Bertz CT molecular complexity index is 901. The molecule has 0 bridgehead atoms. The molecule has 0 spiro atoms. The SMILES string of the molecule is O=C(C[NH+]1CCC[C@@H]1c1ccc2c(c1)OCCO2)Nc1ccccc1C(F)(F)F. The first-order valence-electron chi connectivity index (χ1n) is 9.62. The molecule has 2 aliphatic rings. The highest BCUT2D eigenvalue weighted by atomic mass is 19.4. The molecule has 29 heavy (non-hydrogen) atoms. The molecule has 4 rings (SSSR count). The Morgan fingerprint density at radius 2 is 1.86 bits per heavy atom. The van der Waals surface area contributed by atoms with Gasteiger partial charge in [0, 0.05) is 18.4 Å². The third-order valence-electron chi connectivity index (χ3n) is 5.35. The summed E-state index contributed by atoms with van der Waals surface area (Å²) in [6, 6.07) is 10.9. The molecule has 2 aromatic carbocycles. The van der Waals surface area contributed by atoms with Crippen LogP contribution in [0.2, 0.25) is 0 Å². The van der Waals surface area contributed by atoms with Crippen molar-refractivity contribution in [2.24, 2.45) is 0 Å². The van der Waals surface area contributed by atoms with Gasteiger partial charge in [0.2, 0.25) is 0 Å². The van der Waals surface area contributed by atoms with Crippen LogP contribution in [0.4, 0.5) is 18.9 Å². The number of quaternary nitrogens is 1. The lowest BCUT2D eigenvalue weighted by Crippen LogP contribution is -3.11. The van der Waals surface area contributed by atoms with Gasteiger partial charge in [-0.3, -0.25) is 4.79 Å². The molecule has 154 valence electrons. The molecule has 2 aliphatic heterocycles. The Hall–Kier alpha value is -2.74. The van der Waals surface area contributed by atoms with Crippen molar-refractivity contribution in [3.05, 3.63) is 53.6 Å². The number of para-hydroxylation sites is 1. The van der Waals surface area contributed by atoms with E-state index in [1.807, 2.05) is 18.2 Å². The highest BCUT2D eigenvalue weighted by Gasteiger charge is 2.35. The van der Waals surface area contributed by atoms with Gasteiger partial charge in [0.15, 0.2) is 18.0 Å². The Kier molecular flexibility index (Phi) is 5.36. The number of fused-ring (bicyclic) bond motifs is 1. The molecule has 2 atom stereocenters. The van der Waals surface area contributed by atoms with Crippen LogP contribution in [0.5, 0.6) is 11.5 Å². The first-order chi connectivity index (χ1) is 13.9. The average Bonchev–Trinajstić information content (AvgIpc) is 3.15. The van der Waals surface area contributed by atoms with Gasteiger partial charge in [-0.15, -0.1) is 0 Å². The normalized spacial score (nSPS) is 21.1. The fraction of sp³-hybridized carbons (Fsp3) is 0.381. The Morgan fingerprint density at radius 1 is 1.10 bits per heavy atom. The third-order valence-corrected chi connectivity index (χ3v) is 5.35. The molecule has 1 fully saturated rings. The van der Waals surface area contributed by atoms with E-state index in [0.717, 1.165) is 35.9 Å². The minimum atomic E-state index is -4.52. The van der Waals surface area contributed by atoms with E-state index in [1.165, 1.54) is 18.2 Å². The maximum atomic E-state index is 13.1. The highest BCUT2D eigenvalue weighted by Crippen LogP contribution is 2.35. The molecule has 0 aliphatic carbocycles. The second-order valence-electron chi connectivity index (χ2n) is 7.27. The number of nitrogens with one attached hydrogen (secondary N) is 2. The summed E-state index contributed by atoms with van der Waals surface area (Å²) in [5, 5.41) is 2.44. The topological polar surface area (TPSA) is 52.0 Å². The Labute approximate surface area is 166 Å². The summed E-state index contributed by atoms with van der Waals surface area (Å²) in [6.07, 6.45) is -2.67. The van der Waals surface area contributed by atoms with Crippen molar-refractivity contribution in [1.82, 2.24) is 0 Å². The van der Waals surface area contributed by atoms with Crippen molar-refractivity contribution < 1.29 is 32.3 Å². The largest absolute Gasteiger partial charge is 0.486 e. The molecule has 0 radical (unpaired) electrons. The van der Waals surface area contributed by atoms with E-state index in [2.05, 4.69) is 5.32 Å². The molecule has 2 aromatic rings. The van der Waals surface area contributed by atoms with E-state index < -0.39 is 17.6 Å². The molecule has 5 nitrogen and oxygen atoms in total. The Balaban J connectivity index is 1.46. The van der Waals surface area contributed by atoms with E-state index in [4.69, 9.17) is 9.47 Å². The van der Waals surface area contributed by atoms with Crippen LogP contribution in [0.15, 0.2) is 42.5 Å². The summed E-state index contributed by atoms with van der Waals surface area (Å²) in [4.78, 5) is 13.5. The molecule has 0 aromatic heterocycles. The summed E-state index contributed by atoms with van der Waals surface area (Å²) in [7, 11) is 0. The van der Waals surface area contributed by atoms with Crippen LogP contribution in [0, 0.1) is 0 Å². The number of amides is 1. The number of rotatable bonds is 4. The van der Waals surface area contributed by atoms with Gasteiger partial charge in [0.1, 0.15) is 19.3 Å². The van der Waals surface area contributed by atoms with Crippen molar-refractivity contribution >= 4 is 11.6 Å². The van der Waals surface area contributed by atoms with E-state index >= 15 is 0 Å². The van der Waals surface area contributed by atoms with Crippen LogP contribution < -0.4 is 19.7 Å². The molecule has 1 amide bonds. The minimum absolute atomic E-state index is 0.0921. The van der Waals surface area contributed by atoms with Crippen LogP contribution >= 0.6 is 0 Å². The molecule has 1 unspecified atom stereocenters. The maximum Gasteiger partial charge on any atom is 0.418 e. The predicted octanol–water partition coefficient (Wildman–Crippen LogP) is 2.84. The first-order valence-corrected chi connectivity index (χ1v) is 9.62. The summed E-state index contributed by atoms with van der Waals surface area (Å²) < 4.78 is 50.6. The monoisotopic (exact) mass is 407 g/mol. The second kappa shape index (κ2) is 7.94. The van der Waals surface area contributed by atoms with Crippen LogP contribution in [-0.2, 0) is 11.0 Å². The summed E-state index contributed by atoms with van der Waals surface area (Å²) in [6.45, 7) is 1.91. The average molecular weight is 407 g/mol. The summed E-state index contributed by atoms with van der Waals surface area (Å²) >= 11 is 0. The number of likely N-dealkylation sites (tertiary alicyclic amines) is 1. The number of anilines is 1. The number of alkyl halides is 3. The lowest BCUT2D eigenvalue weighted by Gasteiger charge is -2.24. The lowest BCUT2D eigenvalue weighted by atomic mass is 10.0. The zero-order chi connectivity index (χ0) is 20.4. The molecular formula is C21H22F3N2O3+. The number of benzene rings is 2. The molecule has 0 saturated carbocycles. The van der Waals surface area contributed by atoms with Gasteiger partial charge in [0.05, 0.1) is 17.8 Å². The second-order valence-corrected chi connectivity index (χ2v) is 7.27. The van der Waals surface area contributed by atoms with E-state index in [1.54, 1.807) is 0 Å². The van der Waals surface area contributed by atoms with Crippen molar-refractivity contribution in [2.45, 2.75) is 25.1 Å². The van der Waals surface area contributed by atoms with Crippen molar-refractivity contribution in [3.8, 4) is 11.5 Å². The number of ether oxygens (including phenoxy) is 2. The quantitative estimate of drug-likeness (QED) is 0.820. The number of carbonyl (C=O) groups excluding carboxylic acids is 1. The maximum absolute atomic E-state index is 13.1. The summed E-state index contributed by atoms with van der Waals surface area (Å²) in [5.41, 5.74) is -0.00197. The zero-order valence-corrected chi connectivity index (χ0v) is 15.7. The smallest absolute Gasteiger partial charge is 0.418 e. The van der Waals surface area contributed by atoms with Gasteiger partial charge >= 0.3 is 6.18 Å². The van der Waals surface area contributed by atoms with Gasteiger partial charge in [-0.25, -0.2) is 0 Å². The molecule has 8 heteroatoms. The van der Waals surface area contributed by atoms with E-state index in [9.17, 15) is 18.0 Å². The number of hydrogen-bond acceptors (Lipinski definition) is 3. The fourth-order valence-corrected chi connectivity index (χ4v) is 4.04. The van der Waals surface area contributed by atoms with E-state index in [0.29, 0.717) is 24.7 Å². The van der Waals surface area contributed by atoms with Gasteiger partial charge in [-0.2, -0.15) is 13.2 Å². The van der Waals surface area contributed by atoms with Crippen molar-refractivity contribution in [3.63, 3.8) is 0 Å². The van der Waals surface area contributed by atoms with Gasteiger partial charge in [-0.05, 0) is 30.3 Å². The predicted molar refractivity (Wildman–Crippen MR) is 100 cm³/mol. The number of hydrogen-bond donors (Lipinski definition) is 2. The molecule has 2 heterocycles. The Morgan fingerprint density at radius 3 is 2.66 bits per heavy atom. The molecule has 1 saturated heterocycles. The molecule has 2 N–H and O–H groups in total. The van der Waals surface area contributed by atoms with Crippen LogP contribution in [0.3, 0.4) is 0 Å².